The lowest BCUT2D eigenvalue weighted by Crippen LogP contribution is -2.42. The fourth-order valence-electron chi connectivity index (χ4n) is 2.45. The van der Waals surface area contributed by atoms with Crippen LogP contribution in [0.1, 0.15) is 21.5 Å². The molecule has 1 aliphatic heterocycles. The second kappa shape index (κ2) is 5.69. The van der Waals surface area contributed by atoms with Crippen LogP contribution >= 0.6 is 11.3 Å². The topological polar surface area (TPSA) is 46.6 Å². The van der Waals surface area contributed by atoms with E-state index in [1.165, 1.54) is 0 Å². The van der Waals surface area contributed by atoms with E-state index in [1.54, 1.807) is 35.4 Å². The molecule has 0 N–H and O–H groups in total. The molecule has 108 valence electrons. The average Bonchev–Trinajstić information content (AvgIpc) is 2.99. The molecule has 0 aliphatic carbocycles. The molecule has 0 saturated carbocycles. The van der Waals surface area contributed by atoms with Gasteiger partial charge >= 0.3 is 5.97 Å². The summed E-state index contributed by atoms with van der Waals surface area (Å²) in [5.74, 6) is -0.580. The Morgan fingerprint density at radius 2 is 2.19 bits per heavy atom. The summed E-state index contributed by atoms with van der Waals surface area (Å²) < 4.78 is 5.29. The minimum absolute atomic E-state index is 0.163. The van der Waals surface area contributed by atoms with Gasteiger partial charge in [0.25, 0.3) is 5.91 Å². The molecule has 4 nitrogen and oxygen atoms in total. The molecule has 1 atom stereocenters. The van der Waals surface area contributed by atoms with Crippen LogP contribution in [0.5, 0.6) is 0 Å². The van der Waals surface area contributed by atoms with Gasteiger partial charge in [-0.3, -0.25) is 4.79 Å². The number of cyclic esters (lactones) is 1. The van der Waals surface area contributed by atoms with Crippen LogP contribution in [0.4, 0.5) is 0 Å². The number of carbonyl (C=O) groups is 2. The molecule has 5 heteroatoms. The lowest BCUT2D eigenvalue weighted by molar-refractivity contribution is -0.140. The van der Waals surface area contributed by atoms with Crippen molar-refractivity contribution < 1.29 is 14.3 Å². The van der Waals surface area contributed by atoms with E-state index in [4.69, 9.17) is 4.74 Å². The van der Waals surface area contributed by atoms with Crippen molar-refractivity contribution in [2.45, 2.75) is 19.1 Å². The summed E-state index contributed by atoms with van der Waals surface area (Å²) in [6.07, 6.45) is -0.287. The Bertz CT molecular complexity index is 666. The van der Waals surface area contributed by atoms with Crippen LogP contribution in [0, 0.1) is 0 Å². The lowest BCUT2D eigenvalue weighted by atomic mass is 9.98. The maximum atomic E-state index is 12.4. The highest BCUT2D eigenvalue weighted by atomic mass is 32.1. The number of hydrogen-bond donors (Lipinski definition) is 0. The zero-order chi connectivity index (χ0) is 14.8. The predicted octanol–water partition coefficient (Wildman–Crippen LogP) is 2.49. The molecule has 21 heavy (non-hydrogen) atoms. The molecule has 0 radical (unpaired) electrons. The van der Waals surface area contributed by atoms with Crippen LogP contribution in [0.25, 0.3) is 0 Å². The maximum absolute atomic E-state index is 12.4. The van der Waals surface area contributed by atoms with E-state index in [0.29, 0.717) is 18.5 Å². The van der Waals surface area contributed by atoms with E-state index in [1.807, 2.05) is 29.0 Å². The minimum Gasteiger partial charge on any atom is -0.448 e. The van der Waals surface area contributed by atoms with E-state index in [9.17, 15) is 9.59 Å². The second-order valence-electron chi connectivity index (χ2n) is 5.08. The first-order valence-electron chi connectivity index (χ1n) is 6.70. The van der Waals surface area contributed by atoms with Gasteiger partial charge < -0.3 is 9.64 Å². The third-order valence-corrected chi connectivity index (χ3v) is 4.28. The van der Waals surface area contributed by atoms with Crippen LogP contribution in [0.15, 0.2) is 41.1 Å². The number of amides is 1. The van der Waals surface area contributed by atoms with E-state index in [2.05, 4.69) is 0 Å². The number of nitrogens with zero attached hydrogens (tertiary/aromatic N) is 1. The Kier molecular flexibility index (Phi) is 3.75. The molecular weight excluding hydrogens is 286 g/mol. The number of esters is 1. The zero-order valence-electron chi connectivity index (χ0n) is 11.6. The molecule has 2 aromatic rings. The fraction of sp³-hybridized carbons (Fsp3) is 0.250. The predicted molar refractivity (Wildman–Crippen MR) is 80.1 cm³/mol. The molecule has 0 saturated heterocycles. The van der Waals surface area contributed by atoms with Gasteiger partial charge in [-0.2, -0.15) is 11.3 Å². The first-order chi connectivity index (χ1) is 10.1. The number of rotatable bonds is 3. The highest BCUT2D eigenvalue weighted by Gasteiger charge is 2.32. The van der Waals surface area contributed by atoms with Gasteiger partial charge in [-0.25, -0.2) is 4.79 Å². The highest BCUT2D eigenvalue weighted by molar-refractivity contribution is 7.07. The summed E-state index contributed by atoms with van der Waals surface area (Å²) in [5, 5.41) is 3.98. The normalized spacial score (nSPS) is 17.0. The summed E-state index contributed by atoms with van der Waals surface area (Å²) in [6, 6.07) is 9.25. The van der Waals surface area contributed by atoms with Gasteiger partial charge in [0.05, 0.1) is 5.56 Å². The van der Waals surface area contributed by atoms with Crippen molar-refractivity contribution in [3.05, 3.63) is 57.8 Å². The van der Waals surface area contributed by atoms with E-state index < -0.39 is 12.1 Å². The summed E-state index contributed by atoms with van der Waals surface area (Å²) in [7, 11) is 1.73. The second-order valence-corrected chi connectivity index (χ2v) is 5.86. The van der Waals surface area contributed by atoms with Gasteiger partial charge in [-0.1, -0.05) is 18.2 Å². The number of likely N-dealkylation sites (N-methyl/N-ethyl adjacent to an activating group) is 1. The average molecular weight is 301 g/mol. The number of carbonyl (C=O) groups excluding carboxylic acids is 2. The Morgan fingerprint density at radius 1 is 1.38 bits per heavy atom. The number of fused-ring (bicyclic) bond motifs is 1. The van der Waals surface area contributed by atoms with Crippen molar-refractivity contribution in [2.75, 3.05) is 7.05 Å². The summed E-state index contributed by atoms with van der Waals surface area (Å²) >= 11 is 1.60. The van der Waals surface area contributed by atoms with Gasteiger partial charge in [0.15, 0.2) is 6.10 Å². The van der Waals surface area contributed by atoms with Crippen LogP contribution in [0.3, 0.4) is 0 Å². The zero-order valence-corrected chi connectivity index (χ0v) is 12.4. The SMILES string of the molecule is CN(Cc1ccsc1)C(=O)[C@H]1Cc2ccccc2C(=O)O1. The van der Waals surface area contributed by atoms with E-state index in [0.717, 1.165) is 11.1 Å². The lowest BCUT2D eigenvalue weighted by Gasteiger charge is -2.27. The minimum atomic E-state index is -0.726. The third kappa shape index (κ3) is 2.83. The molecular formula is C16H15NO3S. The molecule has 0 bridgehead atoms. The first kappa shape index (κ1) is 13.8. The Hall–Kier alpha value is -2.14. The van der Waals surface area contributed by atoms with Crippen LogP contribution in [-0.2, 0) is 22.5 Å². The van der Waals surface area contributed by atoms with Gasteiger partial charge in [-0.05, 0) is 34.0 Å². The monoisotopic (exact) mass is 301 g/mol. The third-order valence-electron chi connectivity index (χ3n) is 3.54. The van der Waals surface area contributed by atoms with Crippen molar-refractivity contribution >= 4 is 23.2 Å². The highest BCUT2D eigenvalue weighted by Crippen LogP contribution is 2.22. The Labute approximate surface area is 127 Å². The number of ether oxygens (including phenoxy) is 1. The molecule has 0 spiro atoms. The number of thiophene rings is 1. The fourth-order valence-corrected chi connectivity index (χ4v) is 3.11. The molecule has 0 unspecified atom stereocenters. The standard InChI is InChI=1S/C16H15NO3S/c1-17(9-11-6-7-21-10-11)15(18)14-8-12-4-2-3-5-13(12)16(19)20-14/h2-7,10,14H,8-9H2,1H3/t14-/m1/s1. The van der Waals surface area contributed by atoms with Gasteiger partial charge in [0, 0.05) is 20.0 Å². The smallest absolute Gasteiger partial charge is 0.339 e. The van der Waals surface area contributed by atoms with Crippen molar-refractivity contribution in [1.82, 2.24) is 4.90 Å². The van der Waals surface area contributed by atoms with Gasteiger partial charge in [0.1, 0.15) is 0 Å². The van der Waals surface area contributed by atoms with E-state index >= 15 is 0 Å². The summed E-state index contributed by atoms with van der Waals surface area (Å²) in [6.45, 7) is 0.526. The van der Waals surface area contributed by atoms with Crippen LogP contribution < -0.4 is 0 Å². The van der Waals surface area contributed by atoms with Crippen molar-refractivity contribution in [3.8, 4) is 0 Å². The van der Waals surface area contributed by atoms with Crippen molar-refractivity contribution in [2.24, 2.45) is 0 Å². The first-order valence-corrected chi connectivity index (χ1v) is 7.64. The quantitative estimate of drug-likeness (QED) is 0.818. The van der Waals surface area contributed by atoms with Gasteiger partial charge in [0.2, 0.25) is 0 Å². The van der Waals surface area contributed by atoms with Crippen molar-refractivity contribution in [1.29, 1.82) is 0 Å². The summed E-state index contributed by atoms with van der Waals surface area (Å²) in [5.41, 5.74) is 2.51. The molecule has 1 amide bonds. The molecule has 2 heterocycles. The Morgan fingerprint density at radius 3 is 2.95 bits per heavy atom. The van der Waals surface area contributed by atoms with E-state index in [-0.39, 0.29) is 5.91 Å². The summed E-state index contributed by atoms with van der Waals surface area (Å²) in [4.78, 5) is 26.0. The van der Waals surface area contributed by atoms with Crippen LogP contribution in [0.2, 0.25) is 0 Å². The van der Waals surface area contributed by atoms with Crippen molar-refractivity contribution in [3.63, 3.8) is 0 Å². The molecule has 0 fully saturated rings. The number of hydrogen-bond acceptors (Lipinski definition) is 4. The van der Waals surface area contributed by atoms with Crippen LogP contribution in [-0.4, -0.2) is 29.9 Å². The largest absolute Gasteiger partial charge is 0.448 e. The molecule has 1 aliphatic rings. The number of benzene rings is 1. The molecule has 3 rings (SSSR count). The maximum Gasteiger partial charge on any atom is 0.339 e. The van der Waals surface area contributed by atoms with Gasteiger partial charge in [-0.15, -0.1) is 0 Å². The molecule has 1 aromatic heterocycles. The molecule has 1 aromatic carbocycles. The Balaban J connectivity index is 1.73.